The van der Waals surface area contributed by atoms with Crippen molar-refractivity contribution >= 4 is 10.8 Å². The molecule has 1 nitrogen and oxygen atoms in total. The zero-order chi connectivity index (χ0) is 19.5. The van der Waals surface area contributed by atoms with Crippen molar-refractivity contribution in [3.05, 3.63) is 64.8 Å². The van der Waals surface area contributed by atoms with Gasteiger partial charge in [0.25, 0.3) is 0 Å². The molecule has 1 unspecified atom stereocenters. The van der Waals surface area contributed by atoms with Crippen LogP contribution in [0.3, 0.4) is 0 Å². The highest BCUT2D eigenvalue weighted by Crippen LogP contribution is 2.50. The van der Waals surface area contributed by atoms with E-state index in [0.29, 0.717) is 0 Å². The normalized spacial score (nSPS) is 25.5. The summed E-state index contributed by atoms with van der Waals surface area (Å²) in [6, 6.07) is 14.7. The molecule has 1 aromatic heterocycles. The Morgan fingerprint density at radius 3 is 2.45 bits per heavy atom. The maximum atomic E-state index is 2.52. The molecule has 0 spiro atoms. The Bertz CT molecular complexity index is 1100. The number of rotatable bonds is 2. The van der Waals surface area contributed by atoms with Crippen LogP contribution in [0.2, 0.25) is 0 Å². The number of fused-ring (bicyclic) bond motifs is 5. The minimum absolute atomic E-state index is 0.797. The molecule has 4 aliphatic carbocycles. The van der Waals surface area contributed by atoms with Crippen LogP contribution in [0.4, 0.5) is 0 Å². The lowest BCUT2D eigenvalue weighted by atomic mass is 9.63. The minimum atomic E-state index is 0.797. The second-order valence-electron chi connectivity index (χ2n) is 10.0. The Hall–Kier alpha value is -2.15. The van der Waals surface area contributed by atoms with Gasteiger partial charge in [-0.15, -0.1) is 0 Å². The van der Waals surface area contributed by atoms with Crippen LogP contribution in [0.1, 0.15) is 66.7 Å². The van der Waals surface area contributed by atoms with Crippen LogP contribution >= 0.6 is 0 Å². The molecule has 3 saturated carbocycles. The van der Waals surface area contributed by atoms with Gasteiger partial charge in [-0.1, -0.05) is 31.0 Å². The van der Waals surface area contributed by atoms with E-state index in [-0.39, 0.29) is 0 Å². The van der Waals surface area contributed by atoms with Crippen molar-refractivity contribution in [2.45, 2.75) is 64.2 Å². The third-order valence-electron chi connectivity index (χ3n) is 8.33. The summed E-state index contributed by atoms with van der Waals surface area (Å²) in [5, 5.41) is 2.82. The highest BCUT2D eigenvalue weighted by Gasteiger charge is 2.36. The third kappa shape index (κ3) is 2.85. The van der Waals surface area contributed by atoms with Crippen molar-refractivity contribution in [1.29, 1.82) is 0 Å². The minimum Gasteiger partial charge on any atom is -0.200 e. The molecule has 1 atom stereocenters. The quantitative estimate of drug-likeness (QED) is 0.450. The lowest BCUT2D eigenvalue weighted by molar-refractivity contribution is -0.659. The summed E-state index contributed by atoms with van der Waals surface area (Å²) >= 11 is 0. The Morgan fingerprint density at radius 2 is 1.69 bits per heavy atom. The number of hydrogen-bond acceptors (Lipinski definition) is 0. The van der Waals surface area contributed by atoms with Crippen LogP contribution in [-0.2, 0) is 19.9 Å². The van der Waals surface area contributed by atoms with E-state index in [0.717, 1.165) is 17.8 Å². The number of aryl methyl sites for hydroxylation is 4. The smallest absolute Gasteiger partial charge is 0.200 e. The molecule has 1 heterocycles. The first-order valence-electron chi connectivity index (χ1n) is 11.7. The number of hydrogen-bond donors (Lipinski definition) is 0. The van der Waals surface area contributed by atoms with Gasteiger partial charge < -0.3 is 0 Å². The van der Waals surface area contributed by atoms with Gasteiger partial charge in [-0.2, -0.15) is 0 Å². The molecule has 3 fully saturated rings. The van der Waals surface area contributed by atoms with E-state index < -0.39 is 0 Å². The summed E-state index contributed by atoms with van der Waals surface area (Å²) in [5.74, 6) is 2.71. The molecule has 0 amide bonds. The van der Waals surface area contributed by atoms with Gasteiger partial charge in [0.05, 0.1) is 5.39 Å². The van der Waals surface area contributed by atoms with E-state index >= 15 is 0 Å². The molecular formula is C28H32N+. The van der Waals surface area contributed by atoms with Gasteiger partial charge in [-0.05, 0) is 103 Å². The van der Waals surface area contributed by atoms with Crippen LogP contribution < -0.4 is 4.57 Å². The van der Waals surface area contributed by atoms with Gasteiger partial charge in [-0.3, -0.25) is 0 Å². The molecular weight excluding hydrogens is 350 g/mol. The summed E-state index contributed by atoms with van der Waals surface area (Å²) < 4.78 is 2.33. The first-order valence-corrected chi connectivity index (χ1v) is 11.7. The fourth-order valence-corrected chi connectivity index (χ4v) is 6.75. The van der Waals surface area contributed by atoms with Gasteiger partial charge in [0, 0.05) is 11.6 Å². The Labute approximate surface area is 174 Å². The van der Waals surface area contributed by atoms with Crippen molar-refractivity contribution in [1.82, 2.24) is 0 Å². The first-order chi connectivity index (χ1) is 14.2. The van der Waals surface area contributed by atoms with Crippen LogP contribution in [-0.4, -0.2) is 0 Å². The van der Waals surface area contributed by atoms with E-state index in [4.69, 9.17) is 0 Å². The molecule has 2 bridgehead atoms. The summed E-state index contributed by atoms with van der Waals surface area (Å²) in [5.41, 5.74) is 8.95. The molecule has 0 aliphatic heterocycles. The summed E-state index contributed by atoms with van der Waals surface area (Å²) in [6.07, 6.45) is 13.4. The molecule has 2 aromatic carbocycles. The lowest BCUT2D eigenvalue weighted by Crippen LogP contribution is -2.31. The Balaban J connectivity index is 1.47. The first kappa shape index (κ1) is 17.7. The Morgan fingerprint density at radius 1 is 0.897 bits per heavy atom. The van der Waals surface area contributed by atoms with Gasteiger partial charge in [0.1, 0.15) is 7.05 Å². The second kappa shape index (κ2) is 6.69. The van der Waals surface area contributed by atoms with Gasteiger partial charge in [-0.25, -0.2) is 4.57 Å². The van der Waals surface area contributed by atoms with Crippen molar-refractivity contribution in [3.63, 3.8) is 0 Å². The van der Waals surface area contributed by atoms with E-state index in [1.54, 1.807) is 16.7 Å². The molecule has 29 heavy (non-hydrogen) atoms. The molecule has 0 N–H and O–H groups in total. The average Bonchev–Trinajstić information content (AvgIpc) is 3.21. The molecule has 0 radical (unpaired) electrons. The zero-order valence-corrected chi connectivity index (χ0v) is 17.9. The largest absolute Gasteiger partial charge is 0.220 e. The standard InChI is InChI=1S/C28H32N/c1-18-14-21-4-3-5-22(21)17-26(18)28-25-11-10-23(16-24(25)12-13-29(28)2)27-15-19-6-8-20(27)9-7-19/h10-14,16-17,19-20,27H,3-9,15H2,1-2H3/q+1. The van der Waals surface area contributed by atoms with Crippen LogP contribution in [0.25, 0.3) is 22.0 Å². The van der Waals surface area contributed by atoms with Gasteiger partial charge in [0.15, 0.2) is 6.20 Å². The van der Waals surface area contributed by atoms with Crippen molar-refractivity contribution in [3.8, 4) is 11.3 Å². The molecule has 0 saturated heterocycles. The monoisotopic (exact) mass is 382 g/mol. The second-order valence-corrected chi connectivity index (χ2v) is 10.0. The van der Waals surface area contributed by atoms with Crippen molar-refractivity contribution in [2.24, 2.45) is 18.9 Å². The number of nitrogens with zero attached hydrogens (tertiary/aromatic N) is 1. The highest BCUT2D eigenvalue weighted by atomic mass is 14.9. The average molecular weight is 383 g/mol. The van der Waals surface area contributed by atoms with E-state index in [9.17, 15) is 0 Å². The van der Waals surface area contributed by atoms with Crippen LogP contribution in [0.5, 0.6) is 0 Å². The number of pyridine rings is 1. The predicted molar refractivity (Wildman–Crippen MR) is 120 cm³/mol. The maximum Gasteiger partial charge on any atom is 0.220 e. The van der Waals surface area contributed by atoms with Gasteiger partial charge in [0.2, 0.25) is 5.69 Å². The lowest BCUT2D eigenvalue weighted by Gasteiger charge is -2.42. The van der Waals surface area contributed by atoms with Crippen LogP contribution in [0, 0.1) is 18.8 Å². The Kier molecular flexibility index (Phi) is 4.08. The summed E-state index contributed by atoms with van der Waals surface area (Å²) in [6.45, 7) is 2.29. The molecule has 3 aromatic rings. The molecule has 148 valence electrons. The maximum absolute atomic E-state index is 2.52. The summed E-state index contributed by atoms with van der Waals surface area (Å²) in [7, 11) is 2.20. The van der Waals surface area contributed by atoms with Crippen LogP contribution in [0.15, 0.2) is 42.6 Å². The molecule has 4 aliphatic rings. The topological polar surface area (TPSA) is 3.88 Å². The molecule has 1 heteroatoms. The summed E-state index contributed by atoms with van der Waals surface area (Å²) in [4.78, 5) is 0. The van der Waals surface area contributed by atoms with Gasteiger partial charge >= 0.3 is 0 Å². The SMILES string of the molecule is Cc1cc2c(cc1-c1c3ccc(C4CC5CCC4CC5)cc3cc[n+]1C)CCC2. The third-order valence-corrected chi connectivity index (χ3v) is 8.33. The number of benzene rings is 2. The fraction of sp³-hybridized carbons (Fsp3) is 0.464. The zero-order valence-electron chi connectivity index (χ0n) is 17.9. The highest BCUT2D eigenvalue weighted by molar-refractivity contribution is 5.94. The fourth-order valence-electron chi connectivity index (χ4n) is 6.75. The number of aromatic nitrogens is 1. The predicted octanol–water partition coefficient (Wildman–Crippen LogP) is 6.42. The van der Waals surface area contributed by atoms with Crippen molar-refractivity contribution in [2.75, 3.05) is 0 Å². The van der Waals surface area contributed by atoms with E-state index in [1.807, 2.05) is 0 Å². The van der Waals surface area contributed by atoms with E-state index in [2.05, 4.69) is 61.1 Å². The molecule has 7 rings (SSSR count). The van der Waals surface area contributed by atoms with E-state index in [1.165, 1.54) is 79.0 Å². The van der Waals surface area contributed by atoms with Crippen molar-refractivity contribution < 1.29 is 4.57 Å².